The van der Waals surface area contributed by atoms with E-state index in [9.17, 15) is 23.1 Å². The second-order valence-electron chi connectivity index (χ2n) is 8.82. The van der Waals surface area contributed by atoms with E-state index in [4.69, 9.17) is 4.84 Å². The number of rotatable bonds is 13. The number of fused-ring (bicyclic) bond motifs is 1. The fraction of sp³-hybridized carbons (Fsp3) is 0.308. The fourth-order valence-corrected chi connectivity index (χ4v) is 5.71. The van der Waals surface area contributed by atoms with E-state index in [2.05, 4.69) is 25.5 Å². The Morgan fingerprint density at radius 3 is 2.53 bits per heavy atom. The molecule has 200 valence electrons. The highest BCUT2D eigenvalue weighted by molar-refractivity contribution is 7.89. The molecule has 0 bridgehead atoms. The lowest BCUT2D eigenvalue weighted by Gasteiger charge is -2.31. The molecule has 0 saturated heterocycles. The van der Waals surface area contributed by atoms with Crippen molar-refractivity contribution < 1.29 is 28.0 Å². The largest absolute Gasteiger partial charge is 0.478 e. The molecule has 2 heterocycles. The van der Waals surface area contributed by atoms with Crippen LogP contribution >= 0.6 is 0 Å². The zero-order chi connectivity index (χ0) is 27.0. The summed E-state index contributed by atoms with van der Waals surface area (Å²) in [5.74, 6) is -1.61. The summed E-state index contributed by atoms with van der Waals surface area (Å²) < 4.78 is 29.4. The maximum absolute atomic E-state index is 13.6. The quantitative estimate of drug-likeness (QED) is 0.191. The number of nitrogens with one attached hydrogen (secondary N) is 3. The van der Waals surface area contributed by atoms with Crippen molar-refractivity contribution in [3.63, 3.8) is 0 Å². The van der Waals surface area contributed by atoms with Crippen LogP contribution in [0.1, 0.15) is 32.1 Å². The lowest BCUT2D eigenvalue weighted by molar-refractivity contribution is -0.148. The highest BCUT2D eigenvalue weighted by Crippen LogP contribution is 2.25. The average Bonchev–Trinajstić information content (AvgIpc) is 3.46. The van der Waals surface area contributed by atoms with Crippen molar-refractivity contribution in [2.45, 2.75) is 42.7 Å². The van der Waals surface area contributed by atoms with Gasteiger partial charge in [0.25, 0.3) is 5.91 Å². The van der Waals surface area contributed by atoms with Crippen molar-refractivity contribution in [2.24, 2.45) is 5.16 Å². The summed E-state index contributed by atoms with van der Waals surface area (Å²) in [4.78, 5) is 34.4. The summed E-state index contributed by atoms with van der Waals surface area (Å²) in [5.41, 5.74) is -2.30. The summed E-state index contributed by atoms with van der Waals surface area (Å²) in [5, 5.41) is 20.6. The number of carboxylic acids is 1. The number of amides is 1. The second-order valence-corrected chi connectivity index (χ2v) is 10.5. The van der Waals surface area contributed by atoms with Crippen LogP contribution in [0, 0.1) is 0 Å². The number of aliphatic carboxylic acids is 1. The molecular formula is C26H29N5O6S. The Morgan fingerprint density at radius 1 is 1.00 bits per heavy atom. The van der Waals surface area contributed by atoms with E-state index in [0.29, 0.717) is 36.6 Å². The minimum absolute atomic E-state index is 0.000421. The van der Waals surface area contributed by atoms with Gasteiger partial charge >= 0.3 is 5.97 Å². The molecule has 4 rings (SSSR count). The van der Waals surface area contributed by atoms with Crippen LogP contribution in [-0.2, 0) is 24.4 Å². The number of pyridine rings is 1. The van der Waals surface area contributed by atoms with E-state index in [1.54, 1.807) is 42.6 Å². The van der Waals surface area contributed by atoms with E-state index in [1.165, 1.54) is 6.07 Å². The van der Waals surface area contributed by atoms with Gasteiger partial charge < -0.3 is 20.6 Å². The second kappa shape index (κ2) is 12.0. The Bertz CT molecular complexity index is 1430. The Kier molecular flexibility index (Phi) is 8.54. The SMILES string of the molecule is O=C(NC(CCCCCNc1ccccn1)(NS(=O)(=O)c1cccc2ccccc12)C(=O)O)C1=NOCC1. The van der Waals surface area contributed by atoms with Gasteiger partial charge in [0.15, 0.2) is 0 Å². The molecule has 2 aromatic carbocycles. The molecule has 1 amide bonds. The number of nitrogens with zero attached hydrogens (tertiary/aromatic N) is 2. The minimum atomic E-state index is -4.38. The third-order valence-electron chi connectivity index (χ3n) is 6.11. The molecule has 0 aliphatic carbocycles. The van der Waals surface area contributed by atoms with Crippen LogP contribution in [0.5, 0.6) is 0 Å². The van der Waals surface area contributed by atoms with Crippen LogP contribution < -0.4 is 15.4 Å². The average molecular weight is 540 g/mol. The maximum atomic E-state index is 13.6. The molecule has 1 aliphatic heterocycles. The van der Waals surface area contributed by atoms with Gasteiger partial charge in [-0.05, 0) is 42.8 Å². The predicted molar refractivity (Wildman–Crippen MR) is 142 cm³/mol. The number of hydrogen-bond donors (Lipinski definition) is 4. The van der Waals surface area contributed by atoms with Crippen LogP contribution in [-0.4, -0.2) is 54.9 Å². The first-order chi connectivity index (χ1) is 18.3. The third-order valence-corrected chi connectivity index (χ3v) is 7.66. The van der Waals surface area contributed by atoms with Crippen molar-refractivity contribution >= 4 is 44.2 Å². The van der Waals surface area contributed by atoms with Crippen LogP contribution in [0.25, 0.3) is 10.8 Å². The molecule has 38 heavy (non-hydrogen) atoms. The van der Waals surface area contributed by atoms with Crippen LogP contribution in [0.4, 0.5) is 5.82 Å². The highest BCUT2D eigenvalue weighted by atomic mass is 32.2. The number of benzene rings is 2. The molecule has 1 aliphatic rings. The number of carboxylic acid groups (broad SMARTS) is 1. The number of unbranched alkanes of at least 4 members (excludes halogenated alkanes) is 2. The van der Waals surface area contributed by atoms with E-state index in [-0.39, 0.29) is 30.1 Å². The first-order valence-corrected chi connectivity index (χ1v) is 13.7. The monoisotopic (exact) mass is 539 g/mol. The molecule has 1 atom stereocenters. The third kappa shape index (κ3) is 6.45. The Balaban J connectivity index is 1.53. The summed E-state index contributed by atoms with van der Waals surface area (Å²) in [6.07, 6.45) is 3.25. The van der Waals surface area contributed by atoms with Crippen LogP contribution in [0.3, 0.4) is 0 Å². The molecule has 0 saturated carbocycles. The lowest BCUT2D eigenvalue weighted by Crippen LogP contribution is -2.66. The summed E-state index contributed by atoms with van der Waals surface area (Å²) in [7, 11) is -4.38. The number of anilines is 1. The maximum Gasteiger partial charge on any atom is 0.345 e. The molecule has 12 heteroatoms. The van der Waals surface area contributed by atoms with Gasteiger partial charge in [-0.25, -0.2) is 18.2 Å². The Labute approximate surface area is 220 Å². The van der Waals surface area contributed by atoms with Gasteiger partial charge in [0.1, 0.15) is 18.1 Å². The number of oxime groups is 1. The van der Waals surface area contributed by atoms with Gasteiger partial charge in [0.2, 0.25) is 15.7 Å². The molecule has 3 aromatic rings. The van der Waals surface area contributed by atoms with E-state index in [1.807, 2.05) is 18.2 Å². The van der Waals surface area contributed by atoms with Gasteiger partial charge in [-0.1, -0.05) is 54.0 Å². The van der Waals surface area contributed by atoms with Crippen molar-refractivity contribution in [2.75, 3.05) is 18.5 Å². The Morgan fingerprint density at radius 2 is 1.79 bits per heavy atom. The molecule has 4 N–H and O–H groups in total. The normalized spacial score (nSPS) is 14.8. The van der Waals surface area contributed by atoms with Gasteiger partial charge in [-0.3, -0.25) is 4.79 Å². The minimum Gasteiger partial charge on any atom is -0.478 e. The molecule has 1 aromatic heterocycles. The number of aromatic nitrogens is 1. The summed E-state index contributed by atoms with van der Waals surface area (Å²) >= 11 is 0. The predicted octanol–water partition coefficient (Wildman–Crippen LogP) is 2.86. The number of carbonyl (C=O) groups is 2. The van der Waals surface area contributed by atoms with Crippen molar-refractivity contribution in [1.29, 1.82) is 0 Å². The van der Waals surface area contributed by atoms with Crippen molar-refractivity contribution in [1.82, 2.24) is 15.0 Å². The molecule has 1 unspecified atom stereocenters. The molecular weight excluding hydrogens is 510 g/mol. The first-order valence-electron chi connectivity index (χ1n) is 12.2. The number of sulfonamides is 1. The van der Waals surface area contributed by atoms with Gasteiger partial charge in [-0.2, -0.15) is 4.72 Å². The van der Waals surface area contributed by atoms with E-state index >= 15 is 0 Å². The van der Waals surface area contributed by atoms with Gasteiger partial charge in [0, 0.05) is 24.5 Å². The molecule has 0 spiro atoms. The Hall–Kier alpha value is -4.03. The first kappa shape index (κ1) is 27.0. The van der Waals surface area contributed by atoms with Gasteiger partial charge in [-0.15, -0.1) is 0 Å². The topological polar surface area (TPSA) is 159 Å². The standard InChI is InChI=1S/C26H29N5O6S/c32-24(21-14-18-37-30-21)29-26(25(33)34,15-5-1-6-16-27-23-13-4-7-17-28-23)31-38(35,36)22-12-8-10-19-9-2-3-11-20(19)22/h2-4,7-13,17,31H,1,5-6,14-16,18H2,(H,27,28)(H,29,32)(H,33,34). The molecule has 11 nitrogen and oxygen atoms in total. The fourth-order valence-electron chi connectivity index (χ4n) is 4.17. The number of carbonyl (C=O) groups excluding carboxylic acids is 1. The van der Waals surface area contributed by atoms with Crippen molar-refractivity contribution in [3.05, 3.63) is 66.9 Å². The molecule has 0 radical (unpaired) electrons. The summed E-state index contributed by atoms with van der Waals surface area (Å²) in [6, 6.07) is 17.1. The summed E-state index contributed by atoms with van der Waals surface area (Å²) in [6.45, 7) is 0.785. The van der Waals surface area contributed by atoms with Crippen molar-refractivity contribution in [3.8, 4) is 0 Å². The van der Waals surface area contributed by atoms with E-state index < -0.39 is 27.6 Å². The van der Waals surface area contributed by atoms with Crippen LogP contribution in [0.15, 0.2) is 76.9 Å². The van der Waals surface area contributed by atoms with E-state index in [0.717, 1.165) is 5.82 Å². The zero-order valence-corrected chi connectivity index (χ0v) is 21.4. The van der Waals surface area contributed by atoms with Gasteiger partial charge in [0.05, 0.1) is 4.90 Å². The zero-order valence-electron chi connectivity index (χ0n) is 20.6. The highest BCUT2D eigenvalue weighted by Gasteiger charge is 2.45. The smallest absolute Gasteiger partial charge is 0.345 e. The van der Waals surface area contributed by atoms with Crippen LogP contribution in [0.2, 0.25) is 0 Å². The number of hydrogen-bond acceptors (Lipinski definition) is 8. The molecule has 0 fully saturated rings. The lowest BCUT2D eigenvalue weighted by atomic mass is 10.0.